The molecule has 2 aromatic rings. The quantitative estimate of drug-likeness (QED) is 0.928. The Kier molecular flexibility index (Phi) is 4.35. The van der Waals surface area contributed by atoms with Gasteiger partial charge in [0.25, 0.3) is 5.91 Å². The molecule has 0 saturated carbocycles. The van der Waals surface area contributed by atoms with Gasteiger partial charge in [-0.25, -0.2) is 4.39 Å². The average molecular weight is 273 g/mol. The van der Waals surface area contributed by atoms with Gasteiger partial charge in [-0.1, -0.05) is 18.2 Å². The van der Waals surface area contributed by atoms with Crippen LogP contribution in [0.25, 0.3) is 0 Å². The highest BCUT2D eigenvalue weighted by molar-refractivity contribution is 5.94. The number of methoxy groups -OCH3 is 1. The molecule has 104 valence electrons. The smallest absolute Gasteiger partial charge is 0.251 e. The summed E-state index contributed by atoms with van der Waals surface area (Å²) in [4.78, 5) is 12.1. The molecule has 2 rings (SSSR count). The number of carbonyl (C=O) groups excluding carboxylic acids is 1. The van der Waals surface area contributed by atoms with Crippen molar-refractivity contribution in [3.05, 3.63) is 65.5 Å². The van der Waals surface area contributed by atoms with Crippen LogP contribution < -0.4 is 10.1 Å². The number of amides is 1. The van der Waals surface area contributed by atoms with Gasteiger partial charge in [0, 0.05) is 5.56 Å². The predicted octanol–water partition coefficient (Wildman–Crippen LogP) is 3.33. The number of hydrogen-bond acceptors (Lipinski definition) is 2. The highest BCUT2D eigenvalue weighted by Gasteiger charge is 2.12. The van der Waals surface area contributed by atoms with Crippen LogP contribution in [-0.2, 0) is 0 Å². The molecule has 0 bridgehead atoms. The molecular formula is C16H16FNO2. The van der Waals surface area contributed by atoms with Crippen LogP contribution in [0.15, 0.2) is 48.5 Å². The Morgan fingerprint density at radius 1 is 1.20 bits per heavy atom. The normalized spacial score (nSPS) is 11.8. The second kappa shape index (κ2) is 6.19. The Morgan fingerprint density at radius 2 is 1.90 bits per heavy atom. The monoisotopic (exact) mass is 273 g/mol. The van der Waals surface area contributed by atoms with Gasteiger partial charge in [0.05, 0.1) is 13.2 Å². The van der Waals surface area contributed by atoms with Gasteiger partial charge >= 0.3 is 0 Å². The van der Waals surface area contributed by atoms with Crippen LogP contribution >= 0.6 is 0 Å². The van der Waals surface area contributed by atoms with Crippen molar-refractivity contribution in [1.29, 1.82) is 0 Å². The summed E-state index contributed by atoms with van der Waals surface area (Å²) in [6, 6.07) is 12.8. The van der Waals surface area contributed by atoms with Gasteiger partial charge in [-0.2, -0.15) is 0 Å². The molecule has 0 aliphatic carbocycles. The predicted molar refractivity (Wildman–Crippen MR) is 75.3 cm³/mol. The maximum absolute atomic E-state index is 12.9. The molecule has 4 heteroatoms. The Labute approximate surface area is 117 Å². The Bertz CT molecular complexity index is 596. The van der Waals surface area contributed by atoms with Crippen molar-refractivity contribution in [3.8, 4) is 5.75 Å². The molecule has 0 heterocycles. The molecule has 0 spiro atoms. The van der Waals surface area contributed by atoms with Crippen molar-refractivity contribution in [3.63, 3.8) is 0 Å². The van der Waals surface area contributed by atoms with Gasteiger partial charge in [-0.15, -0.1) is 0 Å². The average Bonchev–Trinajstić information content (AvgIpc) is 2.47. The minimum Gasteiger partial charge on any atom is -0.497 e. The van der Waals surface area contributed by atoms with E-state index in [0.717, 1.165) is 5.56 Å². The molecule has 0 aliphatic heterocycles. The standard InChI is InChI=1S/C16H16FNO2/c1-11(12-6-8-14(17)9-7-12)18-16(19)13-4-3-5-15(10-13)20-2/h3-11H,1-2H3,(H,18,19)/t11-/m1/s1. The Morgan fingerprint density at radius 3 is 2.55 bits per heavy atom. The minimum atomic E-state index is -0.292. The molecule has 0 radical (unpaired) electrons. The summed E-state index contributed by atoms with van der Waals surface area (Å²) in [5.74, 6) is 0.146. The van der Waals surface area contributed by atoms with Gasteiger partial charge in [0.2, 0.25) is 0 Å². The number of halogens is 1. The molecule has 2 aromatic carbocycles. The molecule has 1 atom stereocenters. The van der Waals surface area contributed by atoms with Crippen molar-refractivity contribution in [2.24, 2.45) is 0 Å². The van der Waals surface area contributed by atoms with E-state index in [9.17, 15) is 9.18 Å². The van der Waals surface area contributed by atoms with E-state index in [0.29, 0.717) is 11.3 Å². The SMILES string of the molecule is COc1cccc(C(=O)N[C@H](C)c2ccc(F)cc2)c1. The summed E-state index contributed by atoms with van der Waals surface area (Å²) >= 11 is 0. The molecule has 20 heavy (non-hydrogen) atoms. The largest absolute Gasteiger partial charge is 0.497 e. The van der Waals surface area contributed by atoms with Crippen LogP contribution in [0.4, 0.5) is 4.39 Å². The van der Waals surface area contributed by atoms with E-state index in [1.807, 2.05) is 6.92 Å². The first-order chi connectivity index (χ1) is 9.60. The third kappa shape index (κ3) is 3.35. The van der Waals surface area contributed by atoms with E-state index in [2.05, 4.69) is 5.32 Å². The van der Waals surface area contributed by atoms with E-state index in [4.69, 9.17) is 4.74 Å². The summed E-state index contributed by atoms with van der Waals surface area (Å²) in [6.45, 7) is 1.85. The van der Waals surface area contributed by atoms with Crippen LogP contribution in [0.1, 0.15) is 28.9 Å². The lowest BCUT2D eigenvalue weighted by molar-refractivity contribution is 0.0939. The lowest BCUT2D eigenvalue weighted by Crippen LogP contribution is -2.26. The topological polar surface area (TPSA) is 38.3 Å². The lowest BCUT2D eigenvalue weighted by atomic mass is 10.1. The number of carbonyl (C=O) groups is 1. The van der Waals surface area contributed by atoms with Gasteiger partial charge in [-0.3, -0.25) is 4.79 Å². The zero-order valence-corrected chi connectivity index (χ0v) is 11.4. The molecule has 1 amide bonds. The highest BCUT2D eigenvalue weighted by atomic mass is 19.1. The summed E-state index contributed by atoms with van der Waals surface area (Å²) in [5, 5.41) is 2.87. The molecule has 0 saturated heterocycles. The molecule has 1 N–H and O–H groups in total. The summed E-state index contributed by atoms with van der Waals surface area (Å²) in [6.07, 6.45) is 0. The first-order valence-corrected chi connectivity index (χ1v) is 6.30. The van der Waals surface area contributed by atoms with E-state index in [1.165, 1.54) is 12.1 Å². The van der Waals surface area contributed by atoms with E-state index >= 15 is 0 Å². The minimum absolute atomic E-state index is 0.194. The van der Waals surface area contributed by atoms with Crippen LogP contribution in [0.5, 0.6) is 5.75 Å². The second-order valence-electron chi connectivity index (χ2n) is 4.48. The maximum Gasteiger partial charge on any atom is 0.251 e. The van der Waals surface area contributed by atoms with Gasteiger partial charge < -0.3 is 10.1 Å². The first-order valence-electron chi connectivity index (χ1n) is 6.30. The zero-order chi connectivity index (χ0) is 14.5. The molecular weight excluding hydrogens is 257 g/mol. The van der Waals surface area contributed by atoms with E-state index < -0.39 is 0 Å². The van der Waals surface area contributed by atoms with Crippen LogP contribution in [0.2, 0.25) is 0 Å². The summed E-state index contributed by atoms with van der Waals surface area (Å²) in [5.41, 5.74) is 1.38. The zero-order valence-electron chi connectivity index (χ0n) is 11.4. The van der Waals surface area contributed by atoms with Crippen molar-refractivity contribution >= 4 is 5.91 Å². The fraction of sp³-hybridized carbons (Fsp3) is 0.188. The Hall–Kier alpha value is -2.36. The van der Waals surface area contributed by atoms with Crippen molar-refractivity contribution in [1.82, 2.24) is 5.32 Å². The molecule has 0 unspecified atom stereocenters. The van der Waals surface area contributed by atoms with Crippen molar-refractivity contribution < 1.29 is 13.9 Å². The first kappa shape index (κ1) is 14.1. The second-order valence-corrected chi connectivity index (χ2v) is 4.48. The van der Waals surface area contributed by atoms with Crippen molar-refractivity contribution in [2.45, 2.75) is 13.0 Å². The van der Waals surface area contributed by atoms with E-state index in [-0.39, 0.29) is 17.8 Å². The molecule has 0 aromatic heterocycles. The fourth-order valence-electron chi connectivity index (χ4n) is 1.88. The third-order valence-electron chi connectivity index (χ3n) is 3.05. The number of rotatable bonds is 4. The lowest BCUT2D eigenvalue weighted by Gasteiger charge is -2.14. The molecule has 0 fully saturated rings. The van der Waals surface area contributed by atoms with Crippen LogP contribution in [-0.4, -0.2) is 13.0 Å². The van der Waals surface area contributed by atoms with Crippen molar-refractivity contribution in [2.75, 3.05) is 7.11 Å². The summed E-state index contributed by atoms with van der Waals surface area (Å²) < 4.78 is 17.9. The van der Waals surface area contributed by atoms with Gasteiger partial charge in [0.1, 0.15) is 11.6 Å². The molecule has 0 aliphatic rings. The van der Waals surface area contributed by atoms with Gasteiger partial charge in [-0.05, 0) is 42.8 Å². The third-order valence-corrected chi connectivity index (χ3v) is 3.05. The molecule has 3 nitrogen and oxygen atoms in total. The number of benzene rings is 2. The number of nitrogens with one attached hydrogen (secondary N) is 1. The number of ether oxygens (including phenoxy) is 1. The van der Waals surface area contributed by atoms with Crippen LogP contribution in [0.3, 0.4) is 0 Å². The highest BCUT2D eigenvalue weighted by Crippen LogP contribution is 2.16. The van der Waals surface area contributed by atoms with Gasteiger partial charge in [0.15, 0.2) is 0 Å². The summed E-state index contributed by atoms with van der Waals surface area (Å²) in [7, 11) is 1.55. The van der Waals surface area contributed by atoms with E-state index in [1.54, 1.807) is 43.5 Å². The fourth-order valence-corrected chi connectivity index (χ4v) is 1.88. The Balaban J connectivity index is 2.08. The maximum atomic E-state index is 12.9. The number of hydrogen-bond donors (Lipinski definition) is 1. The van der Waals surface area contributed by atoms with Crippen LogP contribution in [0, 0.1) is 5.82 Å².